The summed E-state index contributed by atoms with van der Waals surface area (Å²) in [6.45, 7) is 0.216. The lowest BCUT2D eigenvalue weighted by atomic mass is 9.92. The molecule has 0 radical (unpaired) electrons. The van der Waals surface area contributed by atoms with Gasteiger partial charge >= 0.3 is 5.97 Å². The Morgan fingerprint density at radius 3 is 2.64 bits per heavy atom. The van der Waals surface area contributed by atoms with E-state index < -0.39 is 12.1 Å². The number of aliphatic hydroxyl groups is 1. The Morgan fingerprint density at radius 1 is 1.08 bits per heavy atom. The number of carboxylic acid groups (broad SMARTS) is 1. The molecule has 2 N–H and O–H groups in total. The quantitative estimate of drug-likeness (QED) is 0.807. The monoisotopic (exact) mass is 340 g/mol. The summed E-state index contributed by atoms with van der Waals surface area (Å²) in [5.41, 5.74) is 3.80. The van der Waals surface area contributed by atoms with E-state index in [1.54, 1.807) is 18.2 Å². The van der Waals surface area contributed by atoms with Crippen LogP contribution in [0.2, 0.25) is 0 Å². The van der Waals surface area contributed by atoms with Crippen molar-refractivity contribution in [3.8, 4) is 5.75 Å². The zero-order chi connectivity index (χ0) is 17.6. The maximum Gasteiger partial charge on any atom is 0.335 e. The molecule has 0 aromatic heterocycles. The van der Waals surface area contributed by atoms with E-state index in [0.717, 1.165) is 24.2 Å². The molecule has 0 heterocycles. The van der Waals surface area contributed by atoms with E-state index in [1.807, 2.05) is 12.1 Å². The first kappa shape index (κ1) is 17.5. The van der Waals surface area contributed by atoms with Gasteiger partial charge in [-0.2, -0.15) is 0 Å². The van der Waals surface area contributed by atoms with Gasteiger partial charge in [0.15, 0.2) is 0 Å². The molecule has 1 aliphatic carbocycles. The van der Waals surface area contributed by atoms with Gasteiger partial charge in [0.05, 0.1) is 11.7 Å². The molecule has 0 saturated heterocycles. The predicted molar refractivity (Wildman–Crippen MR) is 96.3 cm³/mol. The number of rotatable bonds is 7. The Hall–Kier alpha value is -2.33. The van der Waals surface area contributed by atoms with Crippen LogP contribution in [0.15, 0.2) is 42.5 Å². The smallest absolute Gasteiger partial charge is 0.335 e. The second kappa shape index (κ2) is 8.17. The van der Waals surface area contributed by atoms with Gasteiger partial charge < -0.3 is 14.9 Å². The van der Waals surface area contributed by atoms with Crippen molar-refractivity contribution in [2.75, 3.05) is 6.61 Å². The minimum absolute atomic E-state index is 0.216. The zero-order valence-electron chi connectivity index (χ0n) is 14.3. The topological polar surface area (TPSA) is 66.8 Å². The van der Waals surface area contributed by atoms with Crippen LogP contribution >= 0.6 is 0 Å². The van der Waals surface area contributed by atoms with Gasteiger partial charge in [0.25, 0.3) is 0 Å². The lowest BCUT2D eigenvalue weighted by Crippen LogP contribution is -2.19. The summed E-state index contributed by atoms with van der Waals surface area (Å²) in [6, 6.07) is 13.1. The summed E-state index contributed by atoms with van der Waals surface area (Å²) in [4.78, 5) is 11.2. The molecule has 1 atom stereocenters. The Bertz CT molecular complexity index is 738. The number of hydrogen-bond acceptors (Lipinski definition) is 3. The van der Waals surface area contributed by atoms with Crippen LogP contribution in [-0.4, -0.2) is 28.9 Å². The van der Waals surface area contributed by atoms with Crippen molar-refractivity contribution >= 4 is 5.97 Å². The third-order valence-electron chi connectivity index (χ3n) is 4.76. The maximum absolute atomic E-state index is 11.2. The molecule has 132 valence electrons. The van der Waals surface area contributed by atoms with Gasteiger partial charge in [0.2, 0.25) is 0 Å². The number of fused-ring (bicyclic) bond motifs is 1. The molecule has 3 rings (SSSR count). The number of carbonyl (C=O) groups is 1. The first-order valence-corrected chi connectivity index (χ1v) is 8.87. The van der Waals surface area contributed by atoms with E-state index in [9.17, 15) is 15.0 Å². The normalized spacial score (nSPS) is 14.6. The summed E-state index contributed by atoms with van der Waals surface area (Å²) in [5.74, 6) is -0.138. The summed E-state index contributed by atoms with van der Waals surface area (Å²) in [5, 5.41) is 19.4. The molecule has 1 aliphatic rings. The highest BCUT2D eigenvalue weighted by molar-refractivity contribution is 5.89. The first-order valence-electron chi connectivity index (χ1n) is 8.87. The lowest BCUT2D eigenvalue weighted by molar-refractivity contribution is 0.0694. The number of carboxylic acids is 1. The van der Waals surface area contributed by atoms with Gasteiger partial charge in [-0.05, 0) is 73.4 Å². The van der Waals surface area contributed by atoms with E-state index in [4.69, 9.17) is 4.74 Å². The Kier molecular flexibility index (Phi) is 5.71. The number of ether oxygens (including phenoxy) is 1. The Balaban J connectivity index is 1.52. The van der Waals surface area contributed by atoms with Gasteiger partial charge in [-0.3, -0.25) is 0 Å². The molecule has 0 saturated carbocycles. The third-order valence-corrected chi connectivity index (χ3v) is 4.76. The molecule has 0 spiro atoms. The molecule has 0 bridgehead atoms. The zero-order valence-corrected chi connectivity index (χ0v) is 14.3. The van der Waals surface area contributed by atoms with Crippen LogP contribution in [0.1, 0.15) is 46.3 Å². The highest BCUT2D eigenvalue weighted by atomic mass is 16.5. The SMILES string of the molecule is O=C(O)c1ccccc1CCC(O)COc1ccc2c(c1)CCCC2. The minimum atomic E-state index is -0.935. The van der Waals surface area contributed by atoms with Crippen molar-refractivity contribution < 1.29 is 19.7 Å². The first-order chi connectivity index (χ1) is 12.1. The Labute approximate surface area is 148 Å². The van der Waals surface area contributed by atoms with Crippen LogP contribution in [0.5, 0.6) is 5.75 Å². The number of hydrogen-bond donors (Lipinski definition) is 2. The molecule has 2 aromatic carbocycles. The molecule has 2 aromatic rings. The predicted octanol–water partition coefficient (Wildman–Crippen LogP) is 3.64. The molecule has 4 nitrogen and oxygen atoms in total. The standard InChI is InChI=1S/C21H24O4/c22-18(11-9-16-6-3-4-8-20(16)21(23)24)14-25-19-12-10-15-5-1-2-7-17(15)13-19/h3-4,6,8,10,12-13,18,22H,1-2,5,7,9,11,14H2,(H,23,24). The molecule has 0 aliphatic heterocycles. The number of benzene rings is 2. The largest absolute Gasteiger partial charge is 0.491 e. The van der Waals surface area contributed by atoms with Crippen molar-refractivity contribution in [2.45, 2.75) is 44.6 Å². The molecule has 4 heteroatoms. The van der Waals surface area contributed by atoms with Crippen LogP contribution in [0.4, 0.5) is 0 Å². The number of aryl methyl sites for hydroxylation is 3. The van der Waals surface area contributed by atoms with E-state index in [1.165, 1.54) is 24.0 Å². The third kappa shape index (κ3) is 4.60. The highest BCUT2D eigenvalue weighted by Gasteiger charge is 2.13. The highest BCUT2D eigenvalue weighted by Crippen LogP contribution is 2.25. The van der Waals surface area contributed by atoms with E-state index >= 15 is 0 Å². The summed E-state index contributed by atoms with van der Waals surface area (Å²) in [7, 11) is 0. The van der Waals surface area contributed by atoms with Gasteiger partial charge in [-0.15, -0.1) is 0 Å². The second-order valence-electron chi connectivity index (χ2n) is 6.60. The number of aliphatic hydroxyl groups excluding tert-OH is 1. The summed E-state index contributed by atoms with van der Waals surface area (Å²) in [6.07, 6.45) is 5.07. The average Bonchev–Trinajstić information content (AvgIpc) is 2.64. The average molecular weight is 340 g/mol. The maximum atomic E-state index is 11.2. The fraction of sp³-hybridized carbons (Fsp3) is 0.381. The fourth-order valence-corrected chi connectivity index (χ4v) is 3.34. The van der Waals surface area contributed by atoms with Crippen molar-refractivity contribution in [3.05, 3.63) is 64.7 Å². The molecule has 25 heavy (non-hydrogen) atoms. The van der Waals surface area contributed by atoms with E-state index in [2.05, 4.69) is 12.1 Å². The van der Waals surface area contributed by atoms with Gasteiger partial charge in [0, 0.05) is 0 Å². The van der Waals surface area contributed by atoms with Gasteiger partial charge in [0.1, 0.15) is 12.4 Å². The van der Waals surface area contributed by atoms with Crippen LogP contribution in [-0.2, 0) is 19.3 Å². The minimum Gasteiger partial charge on any atom is -0.491 e. The molecular weight excluding hydrogens is 316 g/mol. The van der Waals surface area contributed by atoms with Crippen molar-refractivity contribution in [2.24, 2.45) is 0 Å². The van der Waals surface area contributed by atoms with Gasteiger partial charge in [-0.25, -0.2) is 4.79 Å². The summed E-state index contributed by atoms with van der Waals surface area (Å²) >= 11 is 0. The van der Waals surface area contributed by atoms with E-state index in [-0.39, 0.29) is 6.61 Å². The van der Waals surface area contributed by atoms with Crippen LogP contribution in [0.3, 0.4) is 0 Å². The van der Waals surface area contributed by atoms with Crippen molar-refractivity contribution in [3.63, 3.8) is 0 Å². The van der Waals surface area contributed by atoms with Crippen LogP contribution in [0.25, 0.3) is 0 Å². The van der Waals surface area contributed by atoms with Crippen molar-refractivity contribution in [1.82, 2.24) is 0 Å². The fourth-order valence-electron chi connectivity index (χ4n) is 3.34. The molecule has 0 fully saturated rings. The molecular formula is C21H24O4. The number of aromatic carboxylic acids is 1. The van der Waals surface area contributed by atoms with Crippen LogP contribution < -0.4 is 4.74 Å². The van der Waals surface area contributed by atoms with Crippen LogP contribution in [0, 0.1) is 0 Å². The van der Waals surface area contributed by atoms with E-state index in [0.29, 0.717) is 18.4 Å². The Morgan fingerprint density at radius 2 is 1.84 bits per heavy atom. The van der Waals surface area contributed by atoms with Gasteiger partial charge in [-0.1, -0.05) is 24.3 Å². The molecule has 0 amide bonds. The lowest BCUT2D eigenvalue weighted by Gasteiger charge is -2.18. The molecule has 1 unspecified atom stereocenters. The van der Waals surface area contributed by atoms with Crippen molar-refractivity contribution in [1.29, 1.82) is 0 Å². The second-order valence-corrected chi connectivity index (χ2v) is 6.60. The summed E-state index contributed by atoms with van der Waals surface area (Å²) < 4.78 is 5.73.